The molecule has 4 heteroatoms. The summed E-state index contributed by atoms with van der Waals surface area (Å²) in [5.41, 5.74) is 6.84. The summed E-state index contributed by atoms with van der Waals surface area (Å²) in [7, 11) is 0. The topological polar surface area (TPSA) is 49.6 Å². The number of piperidine rings is 1. The fraction of sp³-hybridized carbons (Fsp3) is 0.800. The van der Waals surface area contributed by atoms with Crippen LogP contribution in [0.1, 0.15) is 39.5 Å². The lowest BCUT2D eigenvalue weighted by molar-refractivity contribution is -0.126. The minimum absolute atomic E-state index is 0.220. The van der Waals surface area contributed by atoms with E-state index >= 15 is 0 Å². The van der Waals surface area contributed by atoms with Crippen molar-refractivity contribution in [3.63, 3.8) is 0 Å². The lowest BCUT2D eigenvalue weighted by Crippen LogP contribution is -2.46. The van der Waals surface area contributed by atoms with Gasteiger partial charge in [0.05, 0.1) is 0 Å². The Morgan fingerprint density at radius 2 is 1.95 bits per heavy atom. The predicted molar refractivity (Wildman–Crippen MR) is 77.8 cm³/mol. The first-order valence-corrected chi connectivity index (χ1v) is 7.57. The second kappa shape index (κ2) is 6.53. The maximum atomic E-state index is 12.2. The number of amides is 1. The fourth-order valence-corrected chi connectivity index (χ4v) is 3.15. The van der Waals surface area contributed by atoms with Crippen molar-refractivity contribution in [2.45, 2.75) is 51.6 Å². The largest absolute Gasteiger partial charge is 0.337 e. The molecule has 0 aromatic carbocycles. The molecule has 0 radical (unpaired) electrons. The Hall–Kier alpha value is -0.870. The number of hydrogen-bond donors (Lipinski definition) is 1. The lowest BCUT2D eigenvalue weighted by Gasteiger charge is -2.34. The third-order valence-electron chi connectivity index (χ3n) is 4.39. The Balaban J connectivity index is 1.86. The summed E-state index contributed by atoms with van der Waals surface area (Å²) in [6.45, 7) is 7.98. The maximum absolute atomic E-state index is 12.2. The number of nitrogens with zero attached hydrogens (tertiary/aromatic N) is 2. The van der Waals surface area contributed by atoms with E-state index in [-0.39, 0.29) is 5.91 Å². The Morgan fingerprint density at radius 3 is 2.58 bits per heavy atom. The highest BCUT2D eigenvalue weighted by atomic mass is 16.2. The molecule has 1 atom stereocenters. The van der Waals surface area contributed by atoms with E-state index in [0.717, 1.165) is 57.4 Å². The molecule has 0 aliphatic carbocycles. The van der Waals surface area contributed by atoms with Crippen LogP contribution in [0, 0.1) is 0 Å². The van der Waals surface area contributed by atoms with E-state index in [1.54, 1.807) is 0 Å². The van der Waals surface area contributed by atoms with E-state index in [1.807, 2.05) is 17.9 Å². The van der Waals surface area contributed by atoms with Gasteiger partial charge in [0.25, 0.3) is 0 Å². The number of allylic oxidation sites excluding steroid dienone is 1. The Labute approximate surface area is 116 Å². The first kappa shape index (κ1) is 14.5. The van der Waals surface area contributed by atoms with Crippen LogP contribution in [0.2, 0.25) is 0 Å². The molecule has 0 spiro atoms. The molecule has 2 fully saturated rings. The molecule has 108 valence electrons. The molecule has 1 unspecified atom stereocenters. The van der Waals surface area contributed by atoms with E-state index in [2.05, 4.69) is 11.8 Å². The van der Waals surface area contributed by atoms with E-state index < -0.39 is 0 Å². The molecule has 2 rings (SSSR count). The molecule has 0 aromatic heterocycles. The zero-order chi connectivity index (χ0) is 13.8. The van der Waals surface area contributed by atoms with Gasteiger partial charge in [0.1, 0.15) is 0 Å². The summed E-state index contributed by atoms with van der Waals surface area (Å²) in [5, 5.41) is 0. The van der Waals surface area contributed by atoms with Gasteiger partial charge < -0.3 is 10.6 Å². The predicted octanol–water partition coefficient (Wildman–Crippen LogP) is 1.37. The zero-order valence-electron chi connectivity index (χ0n) is 12.3. The van der Waals surface area contributed by atoms with Crippen molar-refractivity contribution in [1.82, 2.24) is 9.80 Å². The number of likely N-dealkylation sites (tertiary alicyclic amines) is 2. The molecule has 4 nitrogen and oxygen atoms in total. The van der Waals surface area contributed by atoms with Crippen LogP contribution in [0.4, 0.5) is 0 Å². The van der Waals surface area contributed by atoms with Crippen molar-refractivity contribution in [3.05, 3.63) is 11.6 Å². The van der Waals surface area contributed by atoms with Crippen molar-refractivity contribution >= 4 is 5.91 Å². The third kappa shape index (κ3) is 3.57. The second-order valence-corrected chi connectivity index (χ2v) is 5.86. The Bertz CT molecular complexity index is 345. The summed E-state index contributed by atoms with van der Waals surface area (Å²) in [5.74, 6) is 0.220. The van der Waals surface area contributed by atoms with Gasteiger partial charge in [-0.25, -0.2) is 0 Å². The Kier molecular flexibility index (Phi) is 4.99. The highest BCUT2D eigenvalue weighted by Gasteiger charge is 2.32. The van der Waals surface area contributed by atoms with E-state index in [9.17, 15) is 4.79 Å². The first-order chi connectivity index (χ1) is 9.11. The summed E-state index contributed by atoms with van der Waals surface area (Å²) >= 11 is 0. The first-order valence-electron chi connectivity index (χ1n) is 7.57. The zero-order valence-corrected chi connectivity index (χ0v) is 12.3. The molecule has 1 amide bonds. The number of nitrogens with two attached hydrogens (primary N) is 1. The normalized spacial score (nSPS) is 27.0. The van der Waals surface area contributed by atoms with Crippen LogP contribution in [0.3, 0.4) is 0 Å². The number of hydrogen-bond acceptors (Lipinski definition) is 3. The van der Waals surface area contributed by atoms with Gasteiger partial charge in [-0.05, 0) is 45.7 Å². The highest BCUT2D eigenvalue weighted by molar-refractivity contribution is 5.93. The maximum Gasteiger partial charge on any atom is 0.249 e. The lowest BCUT2D eigenvalue weighted by atomic mass is 10.0. The minimum Gasteiger partial charge on any atom is -0.337 e. The van der Waals surface area contributed by atoms with Crippen molar-refractivity contribution in [3.8, 4) is 0 Å². The summed E-state index contributed by atoms with van der Waals surface area (Å²) in [6, 6.07) is 0.927. The van der Waals surface area contributed by atoms with Gasteiger partial charge in [-0.1, -0.05) is 13.0 Å². The van der Waals surface area contributed by atoms with Crippen LogP contribution in [-0.2, 0) is 4.79 Å². The molecular formula is C15H27N3O. The smallest absolute Gasteiger partial charge is 0.249 e. The number of carbonyl (C=O) groups excluding carboxylic acids is 1. The molecule has 2 saturated heterocycles. The Morgan fingerprint density at radius 1 is 1.26 bits per heavy atom. The highest BCUT2D eigenvalue weighted by Crippen LogP contribution is 2.21. The molecule has 2 N–H and O–H groups in total. The van der Waals surface area contributed by atoms with E-state index in [4.69, 9.17) is 5.73 Å². The molecule has 2 heterocycles. The minimum atomic E-state index is 0.220. The van der Waals surface area contributed by atoms with Crippen molar-refractivity contribution < 1.29 is 4.79 Å². The number of rotatable bonds is 3. The van der Waals surface area contributed by atoms with Crippen molar-refractivity contribution in [2.75, 3.05) is 26.2 Å². The van der Waals surface area contributed by atoms with Crippen LogP contribution in [0.25, 0.3) is 0 Å². The SMILES string of the molecule is CC/C=C(/C)C(=O)N1CCC(N2CCC(N)CC2)C1. The fourth-order valence-electron chi connectivity index (χ4n) is 3.15. The average molecular weight is 265 g/mol. The van der Waals surface area contributed by atoms with Gasteiger partial charge in [-0.3, -0.25) is 9.69 Å². The second-order valence-electron chi connectivity index (χ2n) is 5.86. The number of carbonyl (C=O) groups is 1. The van der Waals surface area contributed by atoms with Crippen molar-refractivity contribution in [2.24, 2.45) is 5.73 Å². The van der Waals surface area contributed by atoms with Crippen LogP contribution in [0.5, 0.6) is 0 Å². The van der Waals surface area contributed by atoms with E-state index in [0.29, 0.717) is 12.1 Å². The van der Waals surface area contributed by atoms with Crippen LogP contribution >= 0.6 is 0 Å². The van der Waals surface area contributed by atoms with Crippen LogP contribution < -0.4 is 5.73 Å². The van der Waals surface area contributed by atoms with E-state index in [1.165, 1.54) is 0 Å². The van der Waals surface area contributed by atoms with Crippen LogP contribution in [0.15, 0.2) is 11.6 Å². The van der Waals surface area contributed by atoms with Gasteiger partial charge >= 0.3 is 0 Å². The standard InChI is InChI=1S/C15H27N3O/c1-3-4-12(2)15(19)18-10-7-14(11-18)17-8-5-13(16)6-9-17/h4,13-14H,3,5-11,16H2,1-2H3/b12-4-. The van der Waals surface area contributed by atoms with Gasteiger partial charge in [0.15, 0.2) is 0 Å². The molecular weight excluding hydrogens is 238 g/mol. The summed E-state index contributed by atoms with van der Waals surface area (Å²) in [6.07, 6.45) is 6.26. The third-order valence-corrected chi connectivity index (χ3v) is 4.39. The van der Waals surface area contributed by atoms with Crippen LogP contribution in [-0.4, -0.2) is 54.0 Å². The molecule has 0 aromatic rings. The quantitative estimate of drug-likeness (QED) is 0.784. The molecule has 0 bridgehead atoms. The van der Waals surface area contributed by atoms with Gasteiger partial charge in [-0.15, -0.1) is 0 Å². The van der Waals surface area contributed by atoms with Crippen molar-refractivity contribution in [1.29, 1.82) is 0 Å². The molecule has 2 aliphatic rings. The summed E-state index contributed by atoms with van der Waals surface area (Å²) in [4.78, 5) is 16.8. The van der Waals surface area contributed by atoms with Gasteiger partial charge in [-0.2, -0.15) is 0 Å². The molecule has 19 heavy (non-hydrogen) atoms. The molecule has 2 aliphatic heterocycles. The van der Waals surface area contributed by atoms with Gasteiger partial charge in [0, 0.05) is 30.7 Å². The monoisotopic (exact) mass is 265 g/mol. The summed E-state index contributed by atoms with van der Waals surface area (Å²) < 4.78 is 0. The average Bonchev–Trinajstić information content (AvgIpc) is 2.88. The van der Waals surface area contributed by atoms with Gasteiger partial charge in [0.2, 0.25) is 5.91 Å². The molecule has 0 saturated carbocycles.